The number of ether oxygens (including phenoxy) is 1. The van der Waals surface area contributed by atoms with Crippen LogP contribution in [-0.2, 0) is 11.3 Å². The largest absolute Gasteiger partial charge is 0.381 e. The third-order valence-electron chi connectivity index (χ3n) is 5.47. The van der Waals surface area contributed by atoms with E-state index in [1.54, 1.807) is 0 Å². The fourth-order valence-electron chi connectivity index (χ4n) is 3.97. The van der Waals surface area contributed by atoms with Crippen molar-refractivity contribution >= 4 is 29.9 Å². The molecule has 0 bridgehead atoms. The SMILES string of the molecule is CN=C(NCc1cccc(-c2ccccn2)c1)N1CCC2(CCOC2)C1.I. The van der Waals surface area contributed by atoms with E-state index in [1.165, 1.54) is 18.4 Å². The van der Waals surface area contributed by atoms with Crippen LogP contribution in [0.3, 0.4) is 0 Å². The predicted molar refractivity (Wildman–Crippen MR) is 119 cm³/mol. The molecule has 1 spiro atoms. The molecule has 1 unspecified atom stereocenters. The van der Waals surface area contributed by atoms with Crippen LogP contribution >= 0.6 is 24.0 Å². The number of nitrogens with zero attached hydrogens (tertiary/aromatic N) is 3. The van der Waals surface area contributed by atoms with Crippen LogP contribution in [-0.4, -0.2) is 49.2 Å². The highest BCUT2D eigenvalue weighted by atomic mass is 127. The molecule has 27 heavy (non-hydrogen) atoms. The van der Waals surface area contributed by atoms with E-state index in [-0.39, 0.29) is 24.0 Å². The monoisotopic (exact) mass is 478 g/mol. The quantitative estimate of drug-likeness (QED) is 0.417. The predicted octanol–water partition coefficient (Wildman–Crippen LogP) is 3.55. The lowest BCUT2D eigenvalue weighted by Gasteiger charge is -2.25. The van der Waals surface area contributed by atoms with Crippen molar-refractivity contribution in [3.63, 3.8) is 0 Å². The molecule has 2 aliphatic heterocycles. The zero-order valence-corrected chi connectivity index (χ0v) is 18.1. The fraction of sp³-hybridized carbons (Fsp3) is 0.429. The van der Waals surface area contributed by atoms with Crippen LogP contribution in [0.5, 0.6) is 0 Å². The summed E-state index contributed by atoms with van der Waals surface area (Å²) in [6, 6.07) is 14.5. The molecule has 4 rings (SSSR count). The minimum Gasteiger partial charge on any atom is -0.381 e. The summed E-state index contributed by atoms with van der Waals surface area (Å²) in [7, 11) is 1.86. The molecule has 1 aromatic carbocycles. The summed E-state index contributed by atoms with van der Waals surface area (Å²) in [6.45, 7) is 4.65. The van der Waals surface area contributed by atoms with Crippen molar-refractivity contribution in [3.05, 3.63) is 54.2 Å². The van der Waals surface area contributed by atoms with Gasteiger partial charge in [0, 0.05) is 50.5 Å². The average molecular weight is 478 g/mol. The number of guanidine groups is 1. The Balaban J connectivity index is 0.00000210. The number of aromatic nitrogens is 1. The number of hydrogen-bond donors (Lipinski definition) is 1. The first-order valence-electron chi connectivity index (χ1n) is 9.32. The first-order chi connectivity index (χ1) is 12.8. The topological polar surface area (TPSA) is 49.8 Å². The maximum Gasteiger partial charge on any atom is 0.193 e. The van der Waals surface area contributed by atoms with Crippen molar-refractivity contribution in [2.24, 2.45) is 10.4 Å². The third kappa shape index (κ3) is 4.60. The number of nitrogens with one attached hydrogen (secondary N) is 1. The summed E-state index contributed by atoms with van der Waals surface area (Å²) < 4.78 is 5.64. The van der Waals surface area contributed by atoms with Crippen LogP contribution in [0.15, 0.2) is 53.7 Å². The van der Waals surface area contributed by atoms with E-state index in [9.17, 15) is 0 Å². The van der Waals surface area contributed by atoms with Gasteiger partial charge in [0.2, 0.25) is 0 Å². The van der Waals surface area contributed by atoms with Crippen LogP contribution < -0.4 is 5.32 Å². The lowest BCUT2D eigenvalue weighted by Crippen LogP contribution is -2.41. The second kappa shape index (κ2) is 9.01. The Labute approximate surface area is 178 Å². The molecule has 2 aliphatic rings. The van der Waals surface area contributed by atoms with E-state index in [1.807, 2.05) is 31.4 Å². The maximum absolute atomic E-state index is 5.64. The first-order valence-corrected chi connectivity index (χ1v) is 9.32. The number of likely N-dealkylation sites (tertiary alicyclic amines) is 1. The van der Waals surface area contributed by atoms with E-state index in [0.717, 1.165) is 50.1 Å². The van der Waals surface area contributed by atoms with Crippen molar-refractivity contribution in [1.29, 1.82) is 0 Å². The molecule has 2 aromatic rings. The van der Waals surface area contributed by atoms with Gasteiger partial charge in [-0.05, 0) is 36.6 Å². The molecule has 0 amide bonds. The Kier molecular flexibility index (Phi) is 6.70. The van der Waals surface area contributed by atoms with E-state index < -0.39 is 0 Å². The lowest BCUT2D eigenvalue weighted by molar-refractivity contribution is 0.156. The Bertz CT molecular complexity index is 775. The molecule has 1 aromatic heterocycles. The molecule has 6 heteroatoms. The summed E-state index contributed by atoms with van der Waals surface area (Å²) in [5.74, 6) is 0.983. The summed E-state index contributed by atoms with van der Waals surface area (Å²) in [5, 5.41) is 3.53. The van der Waals surface area contributed by atoms with Gasteiger partial charge in [-0.2, -0.15) is 0 Å². The molecule has 1 atom stereocenters. The highest BCUT2D eigenvalue weighted by Crippen LogP contribution is 2.38. The van der Waals surface area contributed by atoms with Gasteiger partial charge < -0.3 is 15.0 Å². The van der Waals surface area contributed by atoms with Gasteiger partial charge in [0.1, 0.15) is 0 Å². The molecule has 2 fully saturated rings. The van der Waals surface area contributed by atoms with Crippen LogP contribution in [0.2, 0.25) is 0 Å². The van der Waals surface area contributed by atoms with Gasteiger partial charge in [-0.25, -0.2) is 0 Å². The third-order valence-corrected chi connectivity index (χ3v) is 5.47. The molecule has 2 saturated heterocycles. The van der Waals surface area contributed by atoms with Gasteiger partial charge in [0.15, 0.2) is 5.96 Å². The normalized spacial score (nSPS) is 22.1. The minimum absolute atomic E-state index is 0. The number of hydrogen-bond acceptors (Lipinski definition) is 3. The zero-order valence-electron chi connectivity index (χ0n) is 15.7. The molecule has 1 N–H and O–H groups in total. The number of aliphatic imine (C=N–C) groups is 1. The lowest BCUT2D eigenvalue weighted by atomic mass is 9.87. The molecule has 0 radical (unpaired) electrons. The second-order valence-electron chi connectivity index (χ2n) is 7.29. The Morgan fingerprint density at radius 1 is 1.26 bits per heavy atom. The van der Waals surface area contributed by atoms with Crippen molar-refractivity contribution in [1.82, 2.24) is 15.2 Å². The van der Waals surface area contributed by atoms with E-state index in [4.69, 9.17) is 4.74 Å². The van der Waals surface area contributed by atoms with E-state index in [2.05, 4.69) is 44.5 Å². The molecule has 144 valence electrons. The van der Waals surface area contributed by atoms with Crippen LogP contribution in [0.25, 0.3) is 11.3 Å². The van der Waals surface area contributed by atoms with Crippen LogP contribution in [0.4, 0.5) is 0 Å². The molecule has 5 nitrogen and oxygen atoms in total. The van der Waals surface area contributed by atoms with Gasteiger partial charge in [-0.3, -0.25) is 9.98 Å². The summed E-state index contributed by atoms with van der Waals surface area (Å²) in [4.78, 5) is 11.3. The van der Waals surface area contributed by atoms with Gasteiger partial charge in [-0.1, -0.05) is 24.3 Å². The van der Waals surface area contributed by atoms with E-state index >= 15 is 0 Å². The standard InChI is InChI=1S/C21H26N4O.HI/c1-22-20(25-11-8-21(15-25)9-12-26-16-21)24-14-17-5-4-6-18(13-17)19-7-2-3-10-23-19;/h2-7,10,13H,8-9,11-12,14-16H2,1H3,(H,22,24);1H. The number of rotatable bonds is 3. The van der Waals surface area contributed by atoms with Gasteiger partial charge in [-0.15, -0.1) is 24.0 Å². The Morgan fingerprint density at radius 2 is 2.19 bits per heavy atom. The first kappa shape index (κ1) is 20.1. The number of pyridine rings is 1. The summed E-state index contributed by atoms with van der Waals surface area (Å²) >= 11 is 0. The van der Waals surface area contributed by atoms with E-state index in [0.29, 0.717) is 5.41 Å². The molecular formula is C21H27IN4O. The molecule has 3 heterocycles. The molecular weight excluding hydrogens is 451 g/mol. The maximum atomic E-state index is 5.64. The number of halogens is 1. The second-order valence-corrected chi connectivity index (χ2v) is 7.29. The van der Waals surface area contributed by atoms with Crippen molar-refractivity contribution in [3.8, 4) is 11.3 Å². The van der Waals surface area contributed by atoms with Gasteiger partial charge in [0.05, 0.1) is 12.3 Å². The molecule has 0 saturated carbocycles. The fourth-order valence-corrected chi connectivity index (χ4v) is 3.97. The number of benzene rings is 1. The van der Waals surface area contributed by atoms with Crippen molar-refractivity contribution < 1.29 is 4.74 Å². The Hall–Kier alpha value is -1.67. The van der Waals surface area contributed by atoms with Crippen molar-refractivity contribution in [2.45, 2.75) is 19.4 Å². The highest BCUT2D eigenvalue weighted by Gasteiger charge is 2.42. The van der Waals surface area contributed by atoms with Crippen molar-refractivity contribution in [2.75, 3.05) is 33.4 Å². The zero-order chi connectivity index (χ0) is 17.8. The van der Waals surface area contributed by atoms with Gasteiger partial charge >= 0.3 is 0 Å². The minimum atomic E-state index is 0. The average Bonchev–Trinajstić information content (AvgIpc) is 3.33. The summed E-state index contributed by atoms with van der Waals surface area (Å²) in [5.41, 5.74) is 3.72. The van der Waals surface area contributed by atoms with Gasteiger partial charge in [0.25, 0.3) is 0 Å². The molecule has 0 aliphatic carbocycles. The Morgan fingerprint density at radius 3 is 2.93 bits per heavy atom. The smallest absolute Gasteiger partial charge is 0.193 e. The van der Waals surface area contributed by atoms with Crippen LogP contribution in [0.1, 0.15) is 18.4 Å². The van der Waals surface area contributed by atoms with Crippen LogP contribution in [0, 0.1) is 5.41 Å². The summed E-state index contributed by atoms with van der Waals surface area (Å²) in [6.07, 6.45) is 4.20. The highest BCUT2D eigenvalue weighted by molar-refractivity contribution is 14.0.